The number of piperidine rings is 1. The second-order valence-electron chi connectivity index (χ2n) is 7.24. The zero-order valence-corrected chi connectivity index (χ0v) is 17.0. The average molecular weight is 407 g/mol. The molecule has 1 N–H and O–H groups in total. The number of nitrogens with zero attached hydrogens (tertiary/aromatic N) is 4. The van der Waals surface area contributed by atoms with Gasteiger partial charge in [-0.25, -0.2) is 4.98 Å². The van der Waals surface area contributed by atoms with E-state index >= 15 is 0 Å². The number of aryl methyl sites for hydroxylation is 1. The summed E-state index contributed by atoms with van der Waals surface area (Å²) in [5, 5.41) is 6.85. The van der Waals surface area contributed by atoms with E-state index in [-0.39, 0.29) is 12.3 Å². The molecule has 156 valence electrons. The van der Waals surface area contributed by atoms with Gasteiger partial charge in [0.1, 0.15) is 11.6 Å². The van der Waals surface area contributed by atoms with Gasteiger partial charge in [0.25, 0.3) is 0 Å². The normalized spacial score (nSPS) is 13.8. The Morgan fingerprint density at radius 3 is 2.63 bits per heavy atom. The van der Waals surface area contributed by atoms with Gasteiger partial charge in [0, 0.05) is 31.5 Å². The van der Waals surface area contributed by atoms with Crippen molar-refractivity contribution in [2.24, 2.45) is 0 Å². The predicted molar refractivity (Wildman–Crippen MR) is 114 cm³/mol. The molecule has 1 aromatic carbocycles. The molecule has 0 unspecified atom stereocenters. The van der Waals surface area contributed by atoms with Gasteiger partial charge >= 0.3 is 0 Å². The summed E-state index contributed by atoms with van der Waals surface area (Å²) in [6, 6.07) is 11.2. The maximum Gasteiger partial charge on any atom is 0.227 e. The van der Waals surface area contributed by atoms with E-state index in [4.69, 9.17) is 9.26 Å². The number of hydrogen-bond donors (Lipinski definition) is 1. The maximum absolute atomic E-state index is 12.3. The summed E-state index contributed by atoms with van der Waals surface area (Å²) >= 11 is 0. The van der Waals surface area contributed by atoms with E-state index in [9.17, 15) is 4.79 Å². The lowest BCUT2D eigenvalue weighted by molar-refractivity contribution is -0.116. The van der Waals surface area contributed by atoms with Crippen LogP contribution in [-0.2, 0) is 11.2 Å². The van der Waals surface area contributed by atoms with Crippen LogP contribution in [0.4, 0.5) is 11.5 Å². The first kappa shape index (κ1) is 19.9. The molecule has 1 aliphatic heterocycles. The van der Waals surface area contributed by atoms with Crippen LogP contribution in [-0.4, -0.2) is 41.2 Å². The molecule has 1 fully saturated rings. The van der Waals surface area contributed by atoms with Crippen molar-refractivity contribution < 1.29 is 14.1 Å². The number of carbonyl (C=O) groups excluding carboxylic acids is 1. The standard InChI is InChI=1S/C22H25N5O3/c1-29-18-8-5-16(6-9-18)22-25-21(30-26-22)12-11-20(28)24-17-7-10-19(23-15-17)27-13-3-2-4-14-27/h5-10,15H,2-4,11-14H2,1H3,(H,24,28). The lowest BCUT2D eigenvalue weighted by Gasteiger charge is -2.27. The van der Waals surface area contributed by atoms with E-state index in [0.29, 0.717) is 23.8 Å². The van der Waals surface area contributed by atoms with Gasteiger partial charge in [-0.1, -0.05) is 5.16 Å². The number of methoxy groups -OCH3 is 1. The molecule has 1 saturated heterocycles. The fourth-order valence-corrected chi connectivity index (χ4v) is 3.43. The van der Waals surface area contributed by atoms with E-state index in [1.165, 1.54) is 19.3 Å². The van der Waals surface area contributed by atoms with Gasteiger partial charge < -0.3 is 19.5 Å². The van der Waals surface area contributed by atoms with Crippen molar-refractivity contribution >= 4 is 17.4 Å². The van der Waals surface area contributed by atoms with Crippen LogP contribution in [0.2, 0.25) is 0 Å². The van der Waals surface area contributed by atoms with Crippen LogP contribution in [0.1, 0.15) is 31.6 Å². The molecule has 0 spiro atoms. The van der Waals surface area contributed by atoms with Gasteiger partial charge in [-0.05, 0) is 55.7 Å². The van der Waals surface area contributed by atoms with E-state index < -0.39 is 0 Å². The maximum atomic E-state index is 12.3. The number of rotatable bonds is 7. The Labute approximate surface area is 175 Å². The zero-order chi connectivity index (χ0) is 20.8. The fraction of sp³-hybridized carbons (Fsp3) is 0.364. The molecule has 0 saturated carbocycles. The van der Waals surface area contributed by atoms with Crippen molar-refractivity contribution in [1.29, 1.82) is 0 Å². The summed E-state index contributed by atoms with van der Waals surface area (Å²) < 4.78 is 10.4. The minimum Gasteiger partial charge on any atom is -0.497 e. The lowest BCUT2D eigenvalue weighted by Crippen LogP contribution is -2.30. The average Bonchev–Trinajstić information content (AvgIpc) is 3.28. The Kier molecular flexibility index (Phi) is 6.22. The quantitative estimate of drug-likeness (QED) is 0.638. The van der Waals surface area contributed by atoms with Gasteiger partial charge in [0.15, 0.2) is 0 Å². The summed E-state index contributed by atoms with van der Waals surface area (Å²) in [5.74, 6) is 2.52. The number of carbonyl (C=O) groups is 1. The fourth-order valence-electron chi connectivity index (χ4n) is 3.43. The van der Waals surface area contributed by atoms with Crippen molar-refractivity contribution in [3.63, 3.8) is 0 Å². The third-order valence-corrected chi connectivity index (χ3v) is 5.09. The van der Waals surface area contributed by atoms with E-state index in [0.717, 1.165) is 30.2 Å². The molecule has 4 rings (SSSR count). The Bertz CT molecular complexity index is 963. The second-order valence-corrected chi connectivity index (χ2v) is 7.24. The SMILES string of the molecule is COc1ccc(-c2noc(CCC(=O)Nc3ccc(N4CCCCC4)nc3)n2)cc1. The molecule has 1 amide bonds. The van der Waals surface area contributed by atoms with Crippen LogP contribution in [0.15, 0.2) is 47.1 Å². The van der Waals surface area contributed by atoms with Crippen molar-refractivity contribution in [3.05, 3.63) is 48.5 Å². The number of pyridine rings is 1. The molecule has 30 heavy (non-hydrogen) atoms. The number of nitrogens with one attached hydrogen (secondary N) is 1. The smallest absolute Gasteiger partial charge is 0.227 e. The summed E-state index contributed by atoms with van der Waals surface area (Å²) in [4.78, 5) is 23.4. The number of ether oxygens (including phenoxy) is 1. The molecule has 8 heteroatoms. The molecule has 1 aliphatic rings. The molecule has 0 radical (unpaired) electrons. The van der Waals surface area contributed by atoms with Gasteiger partial charge in [-0.3, -0.25) is 4.79 Å². The van der Waals surface area contributed by atoms with Gasteiger partial charge in [-0.15, -0.1) is 0 Å². The van der Waals surface area contributed by atoms with Gasteiger partial charge in [-0.2, -0.15) is 4.98 Å². The third kappa shape index (κ3) is 4.94. The minimum absolute atomic E-state index is 0.119. The van der Waals surface area contributed by atoms with Crippen LogP contribution < -0.4 is 15.0 Å². The highest BCUT2D eigenvalue weighted by molar-refractivity contribution is 5.90. The first-order chi connectivity index (χ1) is 14.7. The Hall–Kier alpha value is -3.42. The topological polar surface area (TPSA) is 93.4 Å². The Balaban J connectivity index is 1.28. The van der Waals surface area contributed by atoms with E-state index in [2.05, 4.69) is 25.3 Å². The van der Waals surface area contributed by atoms with Crippen LogP contribution in [0.5, 0.6) is 5.75 Å². The number of aromatic nitrogens is 3. The number of hydrogen-bond acceptors (Lipinski definition) is 7. The van der Waals surface area contributed by atoms with Crippen molar-refractivity contribution in [2.75, 3.05) is 30.4 Å². The largest absolute Gasteiger partial charge is 0.497 e. The molecule has 2 aromatic heterocycles. The Morgan fingerprint density at radius 1 is 1.13 bits per heavy atom. The molecular formula is C22H25N5O3. The predicted octanol–water partition coefficient (Wildman–Crippen LogP) is 3.70. The molecule has 3 heterocycles. The highest BCUT2D eigenvalue weighted by atomic mass is 16.5. The summed E-state index contributed by atoms with van der Waals surface area (Å²) in [7, 11) is 1.62. The Morgan fingerprint density at radius 2 is 1.93 bits per heavy atom. The van der Waals surface area contributed by atoms with Crippen molar-refractivity contribution in [1.82, 2.24) is 15.1 Å². The molecule has 3 aromatic rings. The highest BCUT2D eigenvalue weighted by Crippen LogP contribution is 2.21. The van der Waals surface area contributed by atoms with Crippen LogP contribution in [0.3, 0.4) is 0 Å². The third-order valence-electron chi connectivity index (χ3n) is 5.09. The molecule has 0 bridgehead atoms. The van der Waals surface area contributed by atoms with Crippen LogP contribution >= 0.6 is 0 Å². The monoisotopic (exact) mass is 407 g/mol. The van der Waals surface area contributed by atoms with E-state index in [1.54, 1.807) is 13.3 Å². The number of anilines is 2. The van der Waals surface area contributed by atoms with Gasteiger partial charge in [0.05, 0.1) is 19.0 Å². The summed E-state index contributed by atoms with van der Waals surface area (Å²) in [6.07, 6.45) is 6.01. The second kappa shape index (κ2) is 9.39. The molecule has 0 atom stereocenters. The molecular weight excluding hydrogens is 382 g/mol. The van der Waals surface area contributed by atoms with Crippen molar-refractivity contribution in [3.8, 4) is 17.1 Å². The lowest BCUT2D eigenvalue weighted by atomic mass is 10.1. The van der Waals surface area contributed by atoms with Crippen LogP contribution in [0, 0.1) is 0 Å². The first-order valence-corrected chi connectivity index (χ1v) is 10.2. The van der Waals surface area contributed by atoms with Crippen LogP contribution in [0.25, 0.3) is 11.4 Å². The minimum atomic E-state index is -0.119. The van der Waals surface area contributed by atoms with Crippen molar-refractivity contribution in [2.45, 2.75) is 32.1 Å². The highest BCUT2D eigenvalue weighted by Gasteiger charge is 2.13. The number of benzene rings is 1. The van der Waals surface area contributed by atoms with E-state index in [1.807, 2.05) is 36.4 Å². The molecule has 0 aliphatic carbocycles. The zero-order valence-electron chi connectivity index (χ0n) is 17.0. The summed E-state index contributed by atoms with van der Waals surface area (Å²) in [6.45, 7) is 2.09. The van der Waals surface area contributed by atoms with Gasteiger partial charge in [0.2, 0.25) is 17.6 Å². The molecule has 8 nitrogen and oxygen atoms in total. The first-order valence-electron chi connectivity index (χ1n) is 10.2. The summed E-state index contributed by atoms with van der Waals surface area (Å²) in [5.41, 5.74) is 1.51. The number of amides is 1.